The van der Waals surface area contributed by atoms with E-state index in [1.165, 1.54) is 0 Å². The zero-order valence-electron chi connectivity index (χ0n) is 19.1. The minimum atomic E-state index is -0.503. The molecule has 7 nitrogen and oxygen atoms in total. The van der Waals surface area contributed by atoms with E-state index in [2.05, 4.69) is 52.6 Å². The minimum absolute atomic E-state index is 0.0918. The van der Waals surface area contributed by atoms with Gasteiger partial charge in [-0.1, -0.05) is 13.5 Å². The average molecular weight is 493 g/mol. The molecule has 2 aliphatic heterocycles. The third kappa shape index (κ3) is 5.17. The number of hydrogen-bond donors (Lipinski definition) is 1. The summed E-state index contributed by atoms with van der Waals surface area (Å²) >= 11 is 3.72. The molecule has 0 radical (unpaired) electrons. The number of amides is 1. The third-order valence-corrected chi connectivity index (χ3v) is 6.18. The van der Waals surface area contributed by atoms with E-state index in [1.807, 2.05) is 20.8 Å². The first kappa shape index (κ1) is 23.4. The average Bonchev–Trinajstić information content (AvgIpc) is 2.69. The Bertz CT molecular complexity index is 879. The van der Waals surface area contributed by atoms with E-state index in [4.69, 9.17) is 14.5 Å². The lowest BCUT2D eigenvalue weighted by atomic mass is 10.0. The molecule has 170 valence electrons. The summed E-state index contributed by atoms with van der Waals surface area (Å²) in [6.45, 7) is 16.7. The molecule has 1 atom stereocenters. The first-order valence-electron chi connectivity index (χ1n) is 10.8. The van der Waals surface area contributed by atoms with Crippen molar-refractivity contribution in [2.24, 2.45) is 4.99 Å². The van der Waals surface area contributed by atoms with E-state index < -0.39 is 5.60 Å². The Morgan fingerprint density at radius 2 is 2.19 bits per heavy atom. The van der Waals surface area contributed by atoms with E-state index in [-0.39, 0.29) is 12.1 Å². The molecule has 0 aliphatic carbocycles. The molecule has 2 aliphatic rings. The molecule has 1 unspecified atom stereocenters. The number of piperazine rings is 1. The van der Waals surface area contributed by atoms with Crippen LogP contribution in [0.3, 0.4) is 0 Å². The third-order valence-electron chi connectivity index (χ3n) is 5.31. The SMILES string of the molecule is C=CNc1c2cc(CC)c(Br)c1OCCN=C2N1CCN(C(=O)OC(C)(C)C)CC1C. The predicted octanol–water partition coefficient (Wildman–Crippen LogP) is 4.65. The second-order valence-electron chi connectivity index (χ2n) is 8.83. The second kappa shape index (κ2) is 9.51. The fourth-order valence-corrected chi connectivity index (χ4v) is 4.60. The highest BCUT2D eigenvalue weighted by Gasteiger charge is 2.33. The number of anilines is 1. The van der Waals surface area contributed by atoms with Gasteiger partial charge in [-0.15, -0.1) is 0 Å². The summed E-state index contributed by atoms with van der Waals surface area (Å²) in [4.78, 5) is 21.5. The van der Waals surface area contributed by atoms with Gasteiger partial charge < -0.3 is 24.6 Å². The standard InChI is InChI=1S/C23H33BrN4O3/c1-7-16-13-17-19(25-8-2)20(18(16)24)30-12-9-26-21(17)28-11-10-27(14-15(28)3)22(29)31-23(4,5)6/h8,13,15,25H,2,7,9-12,14H2,1,3-6H3. The van der Waals surface area contributed by atoms with Gasteiger partial charge in [-0.2, -0.15) is 0 Å². The maximum atomic E-state index is 12.6. The van der Waals surface area contributed by atoms with Crippen LogP contribution in [0, 0.1) is 0 Å². The molecular formula is C23H33BrN4O3. The highest BCUT2D eigenvalue weighted by Crippen LogP contribution is 2.41. The summed E-state index contributed by atoms with van der Waals surface area (Å²) in [6, 6.07) is 2.26. The van der Waals surface area contributed by atoms with Gasteiger partial charge in [0.1, 0.15) is 18.0 Å². The molecule has 1 amide bonds. The van der Waals surface area contributed by atoms with Crippen LogP contribution in [0.15, 0.2) is 28.3 Å². The van der Waals surface area contributed by atoms with Crippen LogP contribution in [0.25, 0.3) is 0 Å². The number of hydrogen-bond acceptors (Lipinski definition) is 6. The summed E-state index contributed by atoms with van der Waals surface area (Å²) in [6.07, 6.45) is 2.26. The molecular weight excluding hydrogens is 460 g/mol. The quantitative estimate of drug-likeness (QED) is 0.665. The Kier molecular flexibility index (Phi) is 7.19. The summed E-state index contributed by atoms with van der Waals surface area (Å²) < 4.78 is 12.6. The number of benzene rings is 1. The van der Waals surface area contributed by atoms with Crippen LogP contribution in [-0.4, -0.2) is 66.2 Å². The Morgan fingerprint density at radius 1 is 1.45 bits per heavy atom. The van der Waals surface area contributed by atoms with Crippen LogP contribution in [-0.2, 0) is 11.2 Å². The van der Waals surface area contributed by atoms with Gasteiger partial charge in [0.15, 0.2) is 5.75 Å². The molecule has 0 spiro atoms. The summed E-state index contributed by atoms with van der Waals surface area (Å²) in [5, 5.41) is 3.26. The summed E-state index contributed by atoms with van der Waals surface area (Å²) in [5.41, 5.74) is 2.51. The van der Waals surface area contributed by atoms with Crippen molar-refractivity contribution in [1.29, 1.82) is 0 Å². The minimum Gasteiger partial charge on any atom is -0.488 e. The Hall–Kier alpha value is -2.22. The number of amidine groups is 1. The van der Waals surface area contributed by atoms with Crippen molar-refractivity contribution in [2.75, 3.05) is 38.1 Å². The highest BCUT2D eigenvalue weighted by atomic mass is 79.9. The van der Waals surface area contributed by atoms with Crippen LogP contribution >= 0.6 is 15.9 Å². The van der Waals surface area contributed by atoms with Crippen molar-refractivity contribution in [2.45, 2.75) is 52.7 Å². The Labute approximate surface area is 193 Å². The number of carbonyl (C=O) groups excluding carboxylic acids is 1. The van der Waals surface area contributed by atoms with Gasteiger partial charge in [0.2, 0.25) is 0 Å². The monoisotopic (exact) mass is 492 g/mol. The molecule has 1 aromatic carbocycles. The van der Waals surface area contributed by atoms with Crippen LogP contribution in [0.1, 0.15) is 45.7 Å². The fourth-order valence-electron chi connectivity index (χ4n) is 3.90. The van der Waals surface area contributed by atoms with Crippen LogP contribution < -0.4 is 10.1 Å². The topological polar surface area (TPSA) is 66.4 Å². The van der Waals surface area contributed by atoms with Crippen molar-refractivity contribution in [3.05, 3.63) is 34.4 Å². The molecule has 2 bridgehead atoms. The van der Waals surface area contributed by atoms with E-state index in [1.54, 1.807) is 11.1 Å². The molecule has 31 heavy (non-hydrogen) atoms. The summed E-state index contributed by atoms with van der Waals surface area (Å²) in [5.74, 6) is 1.72. The van der Waals surface area contributed by atoms with E-state index in [0.717, 1.165) is 39.3 Å². The van der Waals surface area contributed by atoms with E-state index in [0.29, 0.717) is 32.8 Å². The van der Waals surface area contributed by atoms with Gasteiger partial charge in [-0.05, 0) is 67.9 Å². The predicted molar refractivity (Wildman–Crippen MR) is 128 cm³/mol. The number of nitrogens with zero attached hydrogens (tertiary/aromatic N) is 3. The van der Waals surface area contributed by atoms with Gasteiger partial charge in [-0.3, -0.25) is 4.99 Å². The number of rotatable bonds is 3. The molecule has 2 heterocycles. The van der Waals surface area contributed by atoms with Crippen LogP contribution in [0.5, 0.6) is 5.75 Å². The number of aliphatic imine (C=N–C) groups is 1. The lowest BCUT2D eigenvalue weighted by Crippen LogP contribution is -2.56. The number of ether oxygens (including phenoxy) is 2. The number of fused-ring (bicyclic) bond motifs is 2. The first-order chi connectivity index (χ1) is 14.7. The van der Waals surface area contributed by atoms with Gasteiger partial charge in [-0.25, -0.2) is 4.79 Å². The first-order valence-corrected chi connectivity index (χ1v) is 11.6. The maximum Gasteiger partial charge on any atom is 0.410 e. The van der Waals surface area contributed by atoms with E-state index in [9.17, 15) is 4.79 Å². The van der Waals surface area contributed by atoms with Crippen molar-refractivity contribution in [3.63, 3.8) is 0 Å². The molecule has 1 aromatic rings. The number of halogens is 1. The molecule has 0 saturated carbocycles. The van der Waals surface area contributed by atoms with Gasteiger partial charge >= 0.3 is 6.09 Å². The van der Waals surface area contributed by atoms with Crippen LogP contribution in [0.4, 0.5) is 10.5 Å². The van der Waals surface area contributed by atoms with Gasteiger partial charge in [0.05, 0.1) is 16.7 Å². The largest absolute Gasteiger partial charge is 0.488 e. The zero-order chi connectivity index (χ0) is 22.8. The second-order valence-corrected chi connectivity index (χ2v) is 9.62. The van der Waals surface area contributed by atoms with Crippen molar-refractivity contribution < 1.29 is 14.3 Å². The number of aryl methyl sites for hydroxylation is 1. The molecule has 1 saturated heterocycles. The van der Waals surface area contributed by atoms with Crippen LogP contribution in [0.2, 0.25) is 0 Å². The van der Waals surface area contributed by atoms with Crippen molar-refractivity contribution >= 4 is 33.5 Å². The molecule has 1 fully saturated rings. The smallest absolute Gasteiger partial charge is 0.410 e. The Balaban J connectivity index is 1.93. The lowest BCUT2D eigenvalue weighted by molar-refractivity contribution is 0.0134. The molecule has 3 rings (SSSR count). The zero-order valence-corrected chi connectivity index (χ0v) is 20.7. The van der Waals surface area contributed by atoms with Gasteiger partial charge in [0.25, 0.3) is 0 Å². The van der Waals surface area contributed by atoms with Crippen molar-refractivity contribution in [1.82, 2.24) is 9.80 Å². The number of carbonyl (C=O) groups is 1. The molecule has 8 heteroatoms. The van der Waals surface area contributed by atoms with E-state index >= 15 is 0 Å². The van der Waals surface area contributed by atoms with Crippen molar-refractivity contribution in [3.8, 4) is 5.75 Å². The number of nitrogens with one attached hydrogen (secondary N) is 1. The lowest BCUT2D eigenvalue weighted by Gasteiger charge is -2.42. The summed E-state index contributed by atoms with van der Waals surface area (Å²) in [7, 11) is 0. The Morgan fingerprint density at radius 3 is 2.81 bits per heavy atom. The van der Waals surface area contributed by atoms with Gasteiger partial charge in [0, 0.05) is 31.2 Å². The fraction of sp³-hybridized carbons (Fsp3) is 0.565. The maximum absolute atomic E-state index is 12.6. The highest BCUT2D eigenvalue weighted by molar-refractivity contribution is 9.10. The normalized spacial score (nSPS) is 19.0. The molecule has 0 aromatic heterocycles. The molecule has 1 N–H and O–H groups in total.